The molecular formula is C13H14Cl3NO2. The summed E-state index contributed by atoms with van der Waals surface area (Å²) in [4.78, 5) is 14.0. The predicted octanol–water partition coefficient (Wildman–Crippen LogP) is 3.00. The monoisotopic (exact) mass is 321 g/mol. The van der Waals surface area contributed by atoms with Crippen LogP contribution in [-0.2, 0) is 16.0 Å². The van der Waals surface area contributed by atoms with E-state index in [4.69, 9.17) is 39.5 Å². The number of morpholine rings is 1. The van der Waals surface area contributed by atoms with Gasteiger partial charge in [-0.1, -0.05) is 29.3 Å². The fourth-order valence-electron chi connectivity index (χ4n) is 2.04. The van der Waals surface area contributed by atoms with Gasteiger partial charge in [-0.05, 0) is 17.7 Å². The second-order valence-electron chi connectivity index (χ2n) is 4.40. The molecular weight excluding hydrogens is 309 g/mol. The third kappa shape index (κ3) is 3.76. The molecule has 1 heterocycles. The van der Waals surface area contributed by atoms with Gasteiger partial charge in [0.05, 0.1) is 35.7 Å². The van der Waals surface area contributed by atoms with Crippen molar-refractivity contribution in [3.63, 3.8) is 0 Å². The van der Waals surface area contributed by atoms with E-state index >= 15 is 0 Å². The molecule has 1 atom stereocenters. The fraction of sp³-hybridized carbons (Fsp3) is 0.462. The van der Waals surface area contributed by atoms with Crippen molar-refractivity contribution in [3.8, 4) is 0 Å². The van der Waals surface area contributed by atoms with Crippen LogP contribution in [0.2, 0.25) is 10.0 Å². The van der Waals surface area contributed by atoms with Crippen molar-refractivity contribution in [1.29, 1.82) is 0 Å². The van der Waals surface area contributed by atoms with Gasteiger partial charge in [0.1, 0.15) is 0 Å². The molecule has 2 rings (SSSR count). The highest BCUT2D eigenvalue weighted by molar-refractivity contribution is 6.42. The molecule has 6 heteroatoms. The normalized spacial score (nSPS) is 19.5. The standard InChI is InChI=1S/C13H14Cl3NO2/c14-7-10-8-19-4-3-17(10)13(18)6-9-1-2-11(15)12(16)5-9/h1-2,5,10H,3-4,6-8H2. The van der Waals surface area contributed by atoms with Crippen LogP contribution in [0.25, 0.3) is 0 Å². The van der Waals surface area contributed by atoms with Gasteiger partial charge in [-0.15, -0.1) is 11.6 Å². The summed E-state index contributed by atoms with van der Waals surface area (Å²) >= 11 is 17.6. The third-order valence-corrected chi connectivity index (χ3v) is 4.16. The fourth-order valence-corrected chi connectivity index (χ4v) is 2.61. The molecule has 0 bridgehead atoms. The van der Waals surface area contributed by atoms with Crippen LogP contribution in [0.1, 0.15) is 5.56 Å². The van der Waals surface area contributed by atoms with Crippen LogP contribution >= 0.6 is 34.8 Å². The first-order valence-corrected chi connectivity index (χ1v) is 7.28. The van der Waals surface area contributed by atoms with Gasteiger partial charge < -0.3 is 9.64 Å². The molecule has 3 nitrogen and oxygen atoms in total. The lowest BCUT2D eigenvalue weighted by atomic mass is 10.1. The summed E-state index contributed by atoms with van der Waals surface area (Å²) < 4.78 is 5.32. The highest BCUT2D eigenvalue weighted by Crippen LogP contribution is 2.23. The van der Waals surface area contributed by atoms with Crippen molar-refractivity contribution < 1.29 is 9.53 Å². The molecule has 0 aliphatic carbocycles. The zero-order chi connectivity index (χ0) is 13.8. The molecule has 1 aromatic carbocycles. The Balaban J connectivity index is 2.05. The van der Waals surface area contributed by atoms with Gasteiger partial charge >= 0.3 is 0 Å². The number of alkyl halides is 1. The van der Waals surface area contributed by atoms with Gasteiger partial charge in [-0.3, -0.25) is 4.79 Å². The number of hydrogen-bond donors (Lipinski definition) is 0. The number of halogens is 3. The van der Waals surface area contributed by atoms with Gasteiger partial charge in [0.2, 0.25) is 5.91 Å². The van der Waals surface area contributed by atoms with Crippen molar-refractivity contribution in [1.82, 2.24) is 4.90 Å². The molecule has 104 valence electrons. The molecule has 1 aliphatic rings. The molecule has 1 amide bonds. The first kappa shape index (κ1) is 14.9. The second kappa shape index (κ2) is 6.80. The highest BCUT2D eigenvalue weighted by atomic mass is 35.5. The van der Waals surface area contributed by atoms with Crippen LogP contribution in [0.3, 0.4) is 0 Å². The number of rotatable bonds is 3. The molecule has 0 saturated carbocycles. The number of nitrogens with zero attached hydrogens (tertiary/aromatic N) is 1. The number of ether oxygens (including phenoxy) is 1. The largest absolute Gasteiger partial charge is 0.377 e. The molecule has 1 unspecified atom stereocenters. The third-order valence-electron chi connectivity index (χ3n) is 3.07. The van der Waals surface area contributed by atoms with E-state index in [2.05, 4.69) is 0 Å². The summed E-state index contributed by atoms with van der Waals surface area (Å²) in [6.45, 7) is 1.63. The molecule has 19 heavy (non-hydrogen) atoms. The van der Waals surface area contributed by atoms with Crippen LogP contribution in [0, 0.1) is 0 Å². The Morgan fingerprint density at radius 1 is 1.37 bits per heavy atom. The molecule has 0 spiro atoms. The van der Waals surface area contributed by atoms with Gasteiger partial charge in [0.25, 0.3) is 0 Å². The van der Waals surface area contributed by atoms with Crippen LogP contribution < -0.4 is 0 Å². The lowest BCUT2D eigenvalue weighted by Gasteiger charge is -2.34. The maximum Gasteiger partial charge on any atom is 0.227 e. The molecule has 0 aromatic heterocycles. The SMILES string of the molecule is O=C(Cc1ccc(Cl)c(Cl)c1)N1CCOCC1CCl. The Morgan fingerprint density at radius 3 is 2.84 bits per heavy atom. The van der Waals surface area contributed by atoms with E-state index in [1.54, 1.807) is 17.0 Å². The summed E-state index contributed by atoms with van der Waals surface area (Å²) in [7, 11) is 0. The van der Waals surface area contributed by atoms with Crippen molar-refractivity contribution in [2.24, 2.45) is 0 Å². The molecule has 1 fully saturated rings. The van der Waals surface area contributed by atoms with Crippen molar-refractivity contribution in [2.75, 3.05) is 25.6 Å². The van der Waals surface area contributed by atoms with Gasteiger partial charge in [-0.2, -0.15) is 0 Å². The number of benzene rings is 1. The average Bonchev–Trinajstić information content (AvgIpc) is 2.43. The minimum Gasteiger partial charge on any atom is -0.377 e. The van der Waals surface area contributed by atoms with E-state index in [0.717, 1.165) is 5.56 Å². The second-order valence-corrected chi connectivity index (χ2v) is 5.52. The lowest BCUT2D eigenvalue weighted by Crippen LogP contribution is -2.50. The van der Waals surface area contributed by atoms with Crippen molar-refractivity contribution in [3.05, 3.63) is 33.8 Å². The van der Waals surface area contributed by atoms with Gasteiger partial charge in [0, 0.05) is 12.4 Å². The molecule has 0 radical (unpaired) electrons. The minimum atomic E-state index is -0.0503. The summed E-state index contributed by atoms with van der Waals surface area (Å²) in [5.74, 6) is 0.417. The quantitative estimate of drug-likeness (QED) is 0.801. The van der Waals surface area contributed by atoms with Crippen molar-refractivity contribution in [2.45, 2.75) is 12.5 Å². The smallest absolute Gasteiger partial charge is 0.227 e. The first-order chi connectivity index (χ1) is 9.11. The predicted molar refractivity (Wildman–Crippen MR) is 77.2 cm³/mol. The van der Waals surface area contributed by atoms with E-state index in [1.807, 2.05) is 6.07 Å². The van der Waals surface area contributed by atoms with E-state index in [-0.39, 0.29) is 11.9 Å². The average molecular weight is 323 g/mol. The minimum absolute atomic E-state index is 0.0346. The Hall–Kier alpha value is -0.480. The maximum atomic E-state index is 12.3. The van der Waals surface area contributed by atoms with E-state index in [1.165, 1.54) is 0 Å². The molecule has 1 aromatic rings. The molecule has 0 N–H and O–H groups in total. The summed E-state index contributed by atoms with van der Waals surface area (Å²) in [5.41, 5.74) is 0.846. The van der Waals surface area contributed by atoms with Crippen LogP contribution in [0.4, 0.5) is 0 Å². The van der Waals surface area contributed by atoms with Gasteiger partial charge in [-0.25, -0.2) is 0 Å². The lowest BCUT2D eigenvalue weighted by molar-refractivity contribution is -0.138. The zero-order valence-electron chi connectivity index (χ0n) is 10.2. The number of amides is 1. The summed E-state index contributed by atoms with van der Waals surface area (Å²) in [6.07, 6.45) is 0.296. The van der Waals surface area contributed by atoms with Crippen LogP contribution in [0.15, 0.2) is 18.2 Å². The topological polar surface area (TPSA) is 29.5 Å². The Kier molecular flexibility index (Phi) is 5.34. The van der Waals surface area contributed by atoms with E-state index in [9.17, 15) is 4.79 Å². The number of carbonyl (C=O) groups is 1. The van der Waals surface area contributed by atoms with E-state index < -0.39 is 0 Å². The summed E-state index contributed by atoms with van der Waals surface area (Å²) in [5, 5.41) is 0.950. The Morgan fingerprint density at radius 2 is 2.16 bits per heavy atom. The van der Waals surface area contributed by atoms with E-state index in [0.29, 0.717) is 42.1 Å². The molecule has 1 saturated heterocycles. The first-order valence-electron chi connectivity index (χ1n) is 5.99. The van der Waals surface area contributed by atoms with Crippen LogP contribution in [0.5, 0.6) is 0 Å². The highest BCUT2D eigenvalue weighted by Gasteiger charge is 2.26. The maximum absolute atomic E-state index is 12.3. The van der Waals surface area contributed by atoms with Gasteiger partial charge in [0.15, 0.2) is 0 Å². The zero-order valence-corrected chi connectivity index (χ0v) is 12.5. The Labute approximate surface area is 127 Å². The summed E-state index contributed by atoms with van der Waals surface area (Å²) in [6, 6.07) is 5.18. The number of hydrogen-bond acceptors (Lipinski definition) is 2. The molecule has 1 aliphatic heterocycles. The van der Waals surface area contributed by atoms with Crippen LogP contribution in [-0.4, -0.2) is 42.5 Å². The van der Waals surface area contributed by atoms with Crippen molar-refractivity contribution >= 4 is 40.7 Å². The number of carbonyl (C=O) groups excluding carboxylic acids is 1. The Bertz CT molecular complexity index is 467.